The average Bonchev–Trinajstić information content (AvgIpc) is 2.56. The van der Waals surface area contributed by atoms with E-state index in [1.54, 1.807) is 6.92 Å². The van der Waals surface area contributed by atoms with Crippen LogP contribution >= 0.6 is 0 Å². The number of hydrogen-bond acceptors (Lipinski definition) is 4. The molecule has 2 atom stereocenters. The monoisotopic (exact) mass is 354 g/mol. The number of carboxylic acids is 1. The number of aliphatic carboxylic acids is 1. The van der Waals surface area contributed by atoms with E-state index < -0.39 is 27.9 Å². The van der Waals surface area contributed by atoms with Crippen LogP contribution in [0, 0.1) is 5.92 Å². The number of carbonyl (C=O) groups excluding carboxylic acids is 1. The summed E-state index contributed by atoms with van der Waals surface area (Å²) in [6.45, 7) is 7.10. The van der Waals surface area contributed by atoms with Crippen molar-refractivity contribution in [1.29, 1.82) is 0 Å². The van der Waals surface area contributed by atoms with Crippen molar-refractivity contribution >= 4 is 21.9 Å². The molecule has 0 saturated carbocycles. The molecule has 0 bridgehead atoms. The first-order valence-electron chi connectivity index (χ1n) is 7.47. The summed E-state index contributed by atoms with van der Waals surface area (Å²) >= 11 is 0. The zero-order chi connectivity index (χ0) is 18.3. The normalized spacial score (nSPS) is 13.8. The van der Waals surface area contributed by atoms with Crippen molar-refractivity contribution in [3.63, 3.8) is 0 Å². The quantitative estimate of drug-likeness (QED) is 0.580. The molecule has 132 valence electrons. The highest BCUT2D eigenvalue weighted by molar-refractivity contribution is 7.89. The van der Waals surface area contributed by atoms with Gasteiger partial charge in [0.05, 0.1) is 4.90 Å². The number of carboxylic acid groups (broad SMARTS) is 1. The lowest BCUT2D eigenvalue weighted by atomic mass is 9.99. The van der Waals surface area contributed by atoms with Gasteiger partial charge in [-0.05, 0) is 30.2 Å². The molecular formula is C16H22N2O5S. The fourth-order valence-corrected chi connectivity index (χ4v) is 2.94. The van der Waals surface area contributed by atoms with Crippen molar-refractivity contribution in [2.45, 2.75) is 31.2 Å². The molecule has 0 aliphatic rings. The molecular weight excluding hydrogens is 332 g/mol. The van der Waals surface area contributed by atoms with Crippen molar-refractivity contribution in [3.05, 3.63) is 42.5 Å². The van der Waals surface area contributed by atoms with Gasteiger partial charge in [-0.25, -0.2) is 17.9 Å². The minimum atomic E-state index is -3.67. The van der Waals surface area contributed by atoms with Crippen molar-refractivity contribution in [3.8, 4) is 0 Å². The van der Waals surface area contributed by atoms with Gasteiger partial charge in [-0.3, -0.25) is 4.79 Å². The van der Waals surface area contributed by atoms with Gasteiger partial charge in [0.25, 0.3) is 5.91 Å². The van der Waals surface area contributed by atoms with Crippen LogP contribution in [0.1, 0.15) is 30.6 Å². The molecule has 0 radical (unpaired) electrons. The third-order valence-electron chi connectivity index (χ3n) is 3.61. The van der Waals surface area contributed by atoms with Crippen LogP contribution in [0.25, 0.3) is 0 Å². The molecule has 0 aliphatic carbocycles. The summed E-state index contributed by atoms with van der Waals surface area (Å²) in [5.41, 5.74) is 0.187. The molecule has 8 heteroatoms. The van der Waals surface area contributed by atoms with Crippen LogP contribution in [0.4, 0.5) is 0 Å². The van der Waals surface area contributed by atoms with Crippen LogP contribution in [-0.2, 0) is 14.8 Å². The second kappa shape index (κ2) is 8.60. The highest BCUT2D eigenvalue weighted by Crippen LogP contribution is 2.12. The van der Waals surface area contributed by atoms with Crippen LogP contribution in [0.3, 0.4) is 0 Å². The highest BCUT2D eigenvalue weighted by Gasteiger charge is 2.25. The molecule has 2 unspecified atom stereocenters. The molecule has 1 aromatic rings. The fraction of sp³-hybridized carbons (Fsp3) is 0.375. The number of benzene rings is 1. The Bertz CT molecular complexity index is 698. The Morgan fingerprint density at radius 1 is 1.29 bits per heavy atom. The maximum absolute atomic E-state index is 12.2. The van der Waals surface area contributed by atoms with Gasteiger partial charge in [-0.1, -0.05) is 26.3 Å². The molecule has 0 aliphatic heterocycles. The second-order valence-electron chi connectivity index (χ2n) is 5.34. The van der Waals surface area contributed by atoms with Crippen molar-refractivity contribution < 1.29 is 23.1 Å². The summed E-state index contributed by atoms with van der Waals surface area (Å²) in [4.78, 5) is 23.4. The SMILES string of the molecule is C=CCNS(=O)(=O)c1ccc(C(=O)NC(C(=O)O)C(C)CC)cc1. The largest absolute Gasteiger partial charge is 0.480 e. The number of nitrogens with one attached hydrogen (secondary N) is 2. The smallest absolute Gasteiger partial charge is 0.326 e. The molecule has 1 aromatic carbocycles. The van der Waals surface area contributed by atoms with Crippen LogP contribution in [0.5, 0.6) is 0 Å². The van der Waals surface area contributed by atoms with Crippen LogP contribution in [0.15, 0.2) is 41.8 Å². The van der Waals surface area contributed by atoms with E-state index in [2.05, 4.69) is 16.6 Å². The molecule has 0 aromatic heterocycles. The fourth-order valence-electron chi connectivity index (χ4n) is 1.95. The lowest BCUT2D eigenvalue weighted by molar-refractivity contribution is -0.140. The first-order chi connectivity index (χ1) is 11.2. The maximum atomic E-state index is 12.2. The van der Waals surface area contributed by atoms with Gasteiger partial charge in [0, 0.05) is 12.1 Å². The average molecular weight is 354 g/mol. The Hall–Kier alpha value is -2.19. The molecule has 1 amide bonds. The summed E-state index contributed by atoms with van der Waals surface area (Å²) in [6, 6.07) is 4.26. The number of sulfonamides is 1. The van der Waals surface area contributed by atoms with E-state index in [0.717, 1.165) is 0 Å². The Labute approximate surface area is 141 Å². The first kappa shape index (κ1) is 19.9. The van der Waals surface area contributed by atoms with Gasteiger partial charge in [-0.15, -0.1) is 6.58 Å². The van der Waals surface area contributed by atoms with E-state index in [1.165, 1.54) is 30.3 Å². The minimum Gasteiger partial charge on any atom is -0.480 e. The molecule has 1 rings (SSSR count). The topological polar surface area (TPSA) is 113 Å². The number of hydrogen-bond donors (Lipinski definition) is 3. The van der Waals surface area contributed by atoms with E-state index >= 15 is 0 Å². The van der Waals surface area contributed by atoms with Crippen molar-refractivity contribution in [2.24, 2.45) is 5.92 Å². The zero-order valence-electron chi connectivity index (χ0n) is 13.7. The number of rotatable bonds is 9. The molecule has 0 fully saturated rings. The van der Waals surface area contributed by atoms with Gasteiger partial charge in [0.1, 0.15) is 6.04 Å². The maximum Gasteiger partial charge on any atom is 0.326 e. The van der Waals surface area contributed by atoms with E-state index in [0.29, 0.717) is 6.42 Å². The Balaban J connectivity index is 2.90. The summed E-state index contributed by atoms with van der Waals surface area (Å²) < 4.78 is 26.2. The standard InChI is InChI=1S/C16H22N2O5S/c1-4-10-17-24(22,23)13-8-6-12(7-9-13)15(19)18-14(16(20)21)11(3)5-2/h4,6-9,11,14,17H,1,5,10H2,2-3H3,(H,18,19)(H,20,21). The lowest BCUT2D eigenvalue weighted by Gasteiger charge is -2.20. The van der Waals surface area contributed by atoms with E-state index in [-0.39, 0.29) is 22.9 Å². The third kappa shape index (κ3) is 5.17. The third-order valence-corrected chi connectivity index (χ3v) is 5.05. The van der Waals surface area contributed by atoms with Crippen molar-refractivity contribution in [1.82, 2.24) is 10.0 Å². The van der Waals surface area contributed by atoms with Gasteiger partial charge in [0.15, 0.2) is 0 Å². The lowest BCUT2D eigenvalue weighted by Crippen LogP contribution is -2.45. The Kier molecular flexibility index (Phi) is 7.12. The van der Waals surface area contributed by atoms with Crippen LogP contribution < -0.4 is 10.0 Å². The predicted octanol–water partition coefficient (Wildman–Crippen LogP) is 1.38. The molecule has 24 heavy (non-hydrogen) atoms. The molecule has 7 nitrogen and oxygen atoms in total. The van der Waals surface area contributed by atoms with Gasteiger partial charge in [-0.2, -0.15) is 0 Å². The van der Waals surface area contributed by atoms with Crippen LogP contribution in [-0.4, -0.2) is 38.0 Å². The Morgan fingerprint density at radius 2 is 1.88 bits per heavy atom. The van der Waals surface area contributed by atoms with Gasteiger partial charge >= 0.3 is 5.97 Å². The van der Waals surface area contributed by atoms with Gasteiger partial charge < -0.3 is 10.4 Å². The van der Waals surface area contributed by atoms with Crippen LogP contribution in [0.2, 0.25) is 0 Å². The number of amides is 1. The highest BCUT2D eigenvalue weighted by atomic mass is 32.2. The van der Waals surface area contributed by atoms with E-state index in [9.17, 15) is 23.1 Å². The number of carbonyl (C=O) groups is 2. The minimum absolute atomic E-state index is 0.0117. The van der Waals surface area contributed by atoms with E-state index in [1.807, 2.05) is 6.92 Å². The summed E-state index contributed by atoms with van der Waals surface area (Å²) in [6.07, 6.45) is 2.02. The summed E-state index contributed by atoms with van der Waals surface area (Å²) in [7, 11) is -3.67. The molecule has 3 N–H and O–H groups in total. The zero-order valence-corrected chi connectivity index (χ0v) is 14.5. The first-order valence-corrected chi connectivity index (χ1v) is 8.95. The summed E-state index contributed by atoms with van der Waals surface area (Å²) in [5.74, 6) is -1.90. The van der Waals surface area contributed by atoms with E-state index in [4.69, 9.17) is 0 Å². The van der Waals surface area contributed by atoms with Gasteiger partial charge in [0.2, 0.25) is 10.0 Å². The second-order valence-corrected chi connectivity index (χ2v) is 7.11. The molecule has 0 spiro atoms. The van der Waals surface area contributed by atoms with Crippen molar-refractivity contribution in [2.75, 3.05) is 6.54 Å². The molecule has 0 heterocycles. The molecule has 0 saturated heterocycles. The summed E-state index contributed by atoms with van der Waals surface area (Å²) in [5, 5.41) is 11.7. The Morgan fingerprint density at radius 3 is 2.33 bits per heavy atom. The predicted molar refractivity (Wildman–Crippen MR) is 90.2 cm³/mol.